The molecule has 0 aliphatic rings. The maximum atomic E-state index is 11.8. The van der Waals surface area contributed by atoms with E-state index in [4.69, 9.17) is 0 Å². The SMILES string of the molecule is O=C(Oc1cccc([N+](=O)[O-])c1)C(F)(F)F. The molecule has 0 aliphatic heterocycles. The zero-order valence-electron chi connectivity index (χ0n) is 7.52. The summed E-state index contributed by atoms with van der Waals surface area (Å²) in [6.07, 6.45) is -5.13. The molecule has 16 heavy (non-hydrogen) atoms. The summed E-state index contributed by atoms with van der Waals surface area (Å²) in [6.45, 7) is 0. The number of nitrogens with zero attached hydrogens (tertiary/aromatic N) is 1. The van der Waals surface area contributed by atoms with Gasteiger partial charge in [0, 0.05) is 6.07 Å². The van der Waals surface area contributed by atoms with E-state index in [1.54, 1.807) is 0 Å². The first-order valence-electron chi connectivity index (χ1n) is 3.84. The van der Waals surface area contributed by atoms with Gasteiger partial charge in [-0.3, -0.25) is 10.1 Å². The van der Waals surface area contributed by atoms with Crippen molar-refractivity contribution in [1.29, 1.82) is 0 Å². The fourth-order valence-electron chi connectivity index (χ4n) is 0.825. The van der Waals surface area contributed by atoms with Crippen molar-refractivity contribution in [2.24, 2.45) is 0 Å². The monoisotopic (exact) mass is 235 g/mol. The summed E-state index contributed by atoms with van der Waals surface area (Å²) in [6, 6.07) is 3.91. The van der Waals surface area contributed by atoms with Crippen LogP contribution in [0, 0.1) is 10.1 Å². The second-order valence-electron chi connectivity index (χ2n) is 2.64. The van der Waals surface area contributed by atoms with Crippen LogP contribution in [-0.4, -0.2) is 17.1 Å². The molecule has 0 spiro atoms. The third kappa shape index (κ3) is 2.94. The second kappa shape index (κ2) is 4.17. The third-order valence-corrected chi connectivity index (χ3v) is 1.47. The Morgan fingerprint density at radius 1 is 1.38 bits per heavy atom. The molecule has 0 saturated carbocycles. The lowest BCUT2D eigenvalue weighted by Crippen LogP contribution is -2.27. The highest BCUT2D eigenvalue weighted by molar-refractivity contribution is 5.78. The van der Waals surface area contributed by atoms with Crippen LogP contribution in [0.4, 0.5) is 18.9 Å². The van der Waals surface area contributed by atoms with Crippen LogP contribution in [0.3, 0.4) is 0 Å². The van der Waals surface area contributed by atoms with E-state index in [-0.39, 0.29) is 0 Å². The highest BCUT2D eigenvalue weighted by Crippen LogP contribution is 2.23. The molecule has 1 rings (SSSR count). The Kier molecular flexibility index (Phi) is 3.11. The van der Waals surface area contributed by atoms with E-state index >= 15 is 0 Å². The molecule has 1 aromatic rings. The Morgan fingerprint density at radius 2 is 2.00 bits per heavy atom. The van der Waals surface area contributed by atoms with Crippen molar-refractivity contribution < 1.29 is 27.6 Å². The molecule has 0 radical (unpaired) electrons. The van der Waals surface area contributed by atoms with Crippen LogP contribution in [0.15, 0.2) is 24.3 Å². The number of halogens is 3. The number of nitro groups is 1. The number of ether oxygens (including phenoxy) is 1. The molecule has 0 aliphatic carbocycles. The lowest BCUT2D eigenvalue weighted by atomic mass is 10.3. The van der Waals surface area contributed by atoms with Crippen molar-refractivity contribution in [3.63, 3.8) is 0 Å². The Balaban J connectivity index is 2.87. The number of benzene rings is 1. The van der Waals surface area contributed by atoms with E-state index in [2.05, 4.69) is 4.74 Å². The number of non-ortho nitro benzene ring substituents is 1. The molecule has 5 nitrogen and oxygen atoms in total. The summed E-state index contributed by atoms with van der Waals surface area (Å²) in [7, 11) is 0. The number of esters is 1. The first-order valence-corrected chi connectivity index (χ1v) is 3.84. The van der Waals surface area contributed by atoms with Gasteiger partial charge in [0.2, 0.25) is 0 Å². The van der Waals surface area contributed by atoms with Crippen LogP contribution in [0.25, 0.3) is 0 Å². The van der Waals surface area contributed by atoms with Gasteiger partial charge in [-0.1, -0.05) is 6.07 Å². The zero-order valence-corrected chi connectivity index (χ0v) is 7.52. The maximum Gasteiger partial charge on any atom is 0.491 e. The van der Waals surface area contributed by atoms with Crippen LogP contribution in [-0.2, 0) is 4.79 Å². The summed E-state index contributed by atoms with van der Waals surface area (Å²) >= 11 is 0. The fourth-order valence-corrected chi connectivity index (χ4v) is 0.825. The topological polar surface area (TPSA) is 69.4 Å². The van der Waals surface area contributed by atoms with Crippen molar-refractivity contribution >= 4 is 11.7 Å². The normalized spacial score (nSPS) is 10.9. The summed E-state index contributed by atoms with van der Waals surface area (Å²) in [4.78, 5) is 19.9. The Labute approximate surface area is 86.6 Å². The van der Waals surface area contributed by atoms with Gasteiger partial charge in [0.25, 0.3) is 5.69 Å². The lowest BCUT2D eigenvalue weighted by Gasteiger charge is -2.05. The van der Waals surface area contributed by atoms with Crippen LogP contribution >= 0.6 is 0 Å². The minimum atomic E-state index is -5.13. The standard InChI is InChI=1S/C8H4F3NO4/c9-8(10,11)7(13)16-6-3-1-2-5(4-6)12(14)15/h1-4H. The smallest absolute Gasteiger partial charge is 0.420 e. The molecule has 0 aromatic heterocycles. The van der Waals surface area contributed by atoms with Crippen molar-refractivity contribution in [3.05, 3.63) is 34.4 Å². The van der Waals surface area contributed by atoms with E-state index in [1.165, 1.54) is 0 Å². The minimum absolute atomic E-state index is 0.465. The van der Waals surface area contributed by atoms with Crippen molar-refractivity contribution in [2.75, 3.05) is 0 Å². The fraction of sp³-hybridized carbons (Fsp3) is 0.125. The number of hydrogen-bond donors (Lipinski definition) is 0. The Hall–Kier alpha value is -2.12. The first-order chi connectivity index (χ1) is 7.30. The van der Waals surface area contributed by atoms with Gasteiger partial charge in [0.1, 0.15) is 5.75 Å². The predicted molar refractivity (Wildman–Crippen MR) is 44.8 cm³/mol. The summed E-state index contributed by atoms with van der Waals surface area (Å²) < 4.78 is 39.3. The van der Waals surface area contributed by atoms with Crippen LogP contribution in [0.2, 0.25) is 0 Å². The quantitative estimate of drug-likeness (QED) is 0.340. The van der Waals surface area contributed by atoms with Crippen LogP contribution in [0.5, 0.6) is 5.75 Å². The number of hydrogen-bond acceptors (Lipinski definition) is 4. The molecule has 0 atom stereocenters. The van der Waals surface area contributed by atoms with Gasteiger partial charge in [-0.2, -0.15) is 13.2 Å². The molecular weight excluding hydrogens is 231 g/mol. The second-order valence-corrected chi connectivity index (χ2v) is 2.64. The van der Waals surface area contributed by atoms with E-state index in [0.29, 0.717) is 0 Å². The van der Waals surface area contributed by atoms with Crippen molar-refractivity contribution in [1.82, 2.24) is 0 Å². The molecule has 0 heterocycles. The number of carbonyl (C=O) groups excluding carboxylic acids is 1. The molecule has 0 amide bonds. The van der Waals surface area contributed by atoms with E-state index in [9.17, 15) is 28.1 Å². The summed E-state index contributed by atoms with van der Waals surface area (Å²) in [5, 5.41) is 10.3. The van der Waals surface area contributed by atoms with Gasteiger partial charge < -0.3 is 4.74 Å². The average molecular weight is 235 g/mol. The molecule has 1 aromatic carbocycles. The molecule has 0 fully saturated rings. The van der Waals surface area contributed by atoms with Gasteiger partial charge in [0.05, 0.1) is 11.0 Å². The summed E-state index contributed by atoms with van der Waals surface area (Å²) in [5.41, 5.74) is -0.465. The molecule has 0 bridgehead atoms. The van der Waals surface area contributed by atoms with Gasteiger partial charge in [0.15, 0.2) is 0 Å². The number of alkyl halides is 3. The largest absolute Gasteiger partial charge is 0.491 e. The lowest BCUT2D eigenvalue weighted by molar-refractivity contribution is -0.384. The molecule has 0 saturated heterocycles. The van der Waals surface area contributed by atoms with E-state index in [0.717, 1.165) is 24.3 Å². The highest BCUT2D eigenvalue weighted by Gasteiger charge is 2.41. The zero-order chi connectivity index (χ0) is 12.3. The molecule has 0 unspecified atom stereocenters. The van der Waals surface area contributed by atoms with E-state index < -0.39 is 28.5 Å². The molecular formula is C8H4F3NO4. The first kappa shape index (κ1) is 12.0. The maximum absolute atomic E-state index is 11.8. The van der Waals surface area contributed by atoms with Crippen LogP contribution < -0.4 is 4.74 Å². The minimum Gasteiger partial charge on any atom is -0.420 e. The van der Waals surface area contributed by atoms with E-state index in [1.807, 2.05) is 0 Å². The Bertz CT molecular complexity index is 430. The highest BCUT2D eigenvalue weighted by atomic mass is 19.4. The molecule has 86 valence electrons. The van der Waals surface area contributed by atoms with Gasteiger partial charge in [-0.25, -0.2) is 4.79 Å². The third-order valence-electron chi connectivity index (χ3n) is 1.47. The summed E-state index contributed by atoms with van der Waals surface area (Å²) in [5.74, 6) is -2.95. The average Bonchev–Trinajstić information content (AvgIpc) is 2.16. The number of nitro benzene ring substituents is 1. The van der Waals surface area contributed by atoms with Gasteiger partial charge in [-0.15, -0.1) is 0 Å². The molecule has 0 N–H and O–H groups in total. The predicted octanol–water partition coefficient (Wildman–Crippen LogP) is 2.06. The van der Waals surface area contributed by atoms with Crippen molar-refractivity contribution in [3.8, 4) is 5.75 Å². The van der Waals surface area contributed by atoms with Crippen molar-refractivity contribution in [2.45, 2.75) is 6.18 Å². The Morgan fingerprint density at radius 3 is 2.50 bits per heavy atom. The number of rotatable bonds is 2. The van der Waals surface area contributed by atoms with Gasteiger partial charge >= 0.3 is 12.1 Å². The number of carbonyl (C=O) groups is 1. The van der Waals surface area contributed by atoms with Gasteiger partial charge in [-0.05, 0) is 6.07 Å². The molecule has 8 heteroatoms. The van der Waals surface area contributed by atoms with Crippen LogP contribution in [0.1, 0.15) is 0 Å².